The lowest BCUT2D eigenvalue weighted by atomic mass is 9.97. The monoisotopic (exact) mass is 264 g/mol. The number of benzene rings is 2. The maximum absolute atomic E-state index is 11.0. The van der Waals surface area contributed by atoms with Gasteiger partial charge in [0.2, 0.25) is 0 Å². The van der Waals surface area contributed by atoms with Crippen LogP contribution in [0, 0.1) is 0 Å². The molecule has 20 heavy (non-hydrogen) atoms. The van der Waals surface area contributed by atoms with Crippen molar-refractivity contribution in [1.29, 1.82) is 0 Å². The Labute approximate surface area is 116 Å². The summed E-state index contributed by atoms with van der Waals surface area (Å²) in [5.41, 5.74) is 3.62. The molecule has 0 unspecified atom stereocenters. The summed E-state index contributed by atoms with van der Waals surface area (Å²) >= 11 is 0. The highest BCUT2D eigenvalue weighted by Crippen LogP contribution is 2.24. The minimum atomic E-state index is 0.418. The van der Waals surface area contributed by atoms with E-state index in [1.54, 1.807) is 30.3 Å². The zero-order valence-electron chi connectivity index (χ0n) is 10.7. The third kappa shape index (κ3) is 2.78. The van der Waals surface area contributed by atoms with Crippen molar-refractivity contribution in [2.45, 2.75) is 0 Å². The standard InChI is InChI=1S/C17H12O3/c1-2-12-3-13(9-18)6-16(5-12)17-7-14(10-19)4-15(8-17)11-20/h2-11H,1H2. The number of carbonyl (C=O) groups is 3. The Kier molecular flexibility index (Phi) is 4.01. The number of hydrogen-bond donors (Lipinski definition) is 0. The molecule has 0 fully saturated rings. The second kappa shape index (κ2) is 5.89. The van der Waals surface area contributed by atoms with E-state index in [-0.39, 0.29) is 0 Å². The molecule has 0 aliphatic rings. The molecule has 0 aliphatic heterocycles. The first-order valence-corrected chi connectivity index (χ1v) is 5.98. The molecule has 0 bridgehead atoms. The molecule has 0 aromatic heterocycles. The van der Waals surface area contributed by atoms with Crippen molar-refractivity contribution >= 4 is 24.9 Å². The highest BCUT2D eigenvalue weighted by molar-refractivity contribution is 5.88. The fourth-order valence-corrected chi connectivity index (χ4v) is 2.01. The summed E-state index contributed by atoms with van der Waals surface area (Å²) in [7, 11) is 0. The Morgan fingerprint density at radius 2 is 0.950 bits per heavy atom. The fraction of sp³-hybridized carbons (Fsp3) is 0. The average molecular weight is 264 g/mol. The van der Waals surface area contributed by atoms with Crippen molar-refractivity contribution < 1.29 is 14.4 Å². The highest BCUT2D eigenvalue weighted by atomic mass is 16.1. The molecule has 2 aromatic rings. The van der Waals surface area contributed by atoms with E-state index in [9.17, 15) is 14.4 Å². The normalized spacial score (nSPS) is 9.80. The van der Waals surface area contributed by atoms with E-state index in [0.717, 1.165) is 17.4 Å². The summed E-state index contributed by atoms with van der Waals surface area (Å²) in [6.07, 6.45) is 3.77. The minimum Gasteiger partial charge on any atom is -0.298 e. The van der Waals surface area contributed by atoms with Crippen LogP contribution in [0.5, 0.6) is 0 Å². The Balaban J connectivity index is 2.66. The van der Waals surface area contributed by atoms with Crippen LogP contribution in [0.25, 0.3) is 17.2 Å². The highest BCUT2D eigenvalue weighted by Gasteiger charge is 2.05. The molecule has 0 atom stereocenters. The number of hydrogen-bond acceptors (Lipinski definition) is 3. The number of carbonyl (C=O) groups excluding carboxylic acids is 3. The molecule has 0 saturated heterocycles. The van der Waals surface area contributed by atoms with Gasteiger partial charge in [0.1, 0.15) is 18.9 Å². The van der Waals surface area contributed by atoms with Crippen LogP contribution in [-0.2, 0) is 0 Å². The molecule has 98 valence electrons. The van der Waals surface area contributed by atoms with Gasteiger partial charge in [-0.15, -0.1) is 0 Å². The third-order valence-corrected chi connectivity index (χ3v) is 2.93. The van der Waals surface area contributed by atoms with Crippen molar-refractivity contribution in [1.82, 2.24) is 0 Å². The summed E-state index contributed by atoms with van der Waals surface area (Å²) in [4.78, 5) is 32.8. The Morgan fingerprint density at radius 3 is 1.30 bits per heavy atom. The quantitative estimate of drug-likeness (QED) is 0.777. The lowest BCUT2D eigenvalue weighted by Gasteiger charge is -2.07. The summed E-state index contributed by atoms with van der Waals surface area (Å²) in [5.74, 6) is 0. The van der Waals surface area contributed by atoms with Crippen LogP contribution < -0.4 is 0 Å². The van der Waals surface area contributed by atoms with Gasteiger partial charge >= 0.3 is 0 Å². The number of aldehydes is 3. The second-order valence-corrected chi connectivity index (χ2v) is 4.33. The second-order valence-electron chi connectivity index (χ2n) is 4.33. The Hall–Kier alpha value is -2.81. The predicted octanol–water partition coefficient (Wildman–Crippen LogP) is 3.43. The molecule has 3 nitrogen and oxygen atoms in total. The van der Waals surface area contributed by atoms with Gasteiger partial charge in [0, 0.05) is 16.7 Å². The summed E-state index contributed by atoms with van der Waals surface area (Å²) < 4.78 is 0. The molecule has 2 aromatic carbocycles. The molecule has 3 heteroatoms. The summed E-state index contributed by atoms with van der Waals surface area (Å²) in [5, 5.41) is 0. The van der Waals surface area contributed by atoms with Crippen LogP contribution >= 0.6 is 0 Å². The van der Waals surface area contributed by atoms with Crippen LogP contribution in [-0.4, -0.2) is 18.9 Å². The molecular weight excluding hydrogens is 252 g/mol. The Morgan fingerprint density at radius 1 is 0.600 bits per heavy atom. The average Bonchev–Trinajstić information content (AvgIpc) is 2.53. The first kappa shape index (κ1) is 13.6. The van der Waals surface area contributed by atoms with E-state index in [2.05, 4.69) is 6.58 Å². The van der Waals surface area contributed by atoms with Gasteiger partial charge in [0.25, 0.3) is 0 Å². The Bertz CT molecular complexity index is 585. The van der Waals surface area contributed by atoms with Gasteiger partial charge in [0.05, 0.1) is 0 Å². The molecule has 0 radical (unpaired) electrons. The van der Waals surface area contributed by atoms with Gasteiger partial charge in [-0.3, -0.25) is 14.4 Å². The smallest absolute Gasteiger partial charge is 0.150 e. The van der Waals surface area contributed by atoms with Crippen LogP contribution in [0.15, 0.2) is 43.0 Å². The molecule has 0 amide bonds. The topological polar surface area (TPSA) is 51.2 Å². The minimum absolute atomic E-state index is 0.418. The van der Waals surface area contributed by atoms with Crippen LogP contribution in [0.4, 0.5) is 0 Å². The first-order valence-electron chi connectivity index (χ1n) is 5.98. The van der Waals surface area contributed by atoms with Crippen molar-refractivity contribution in [2.75, 3.05) is 0 Å². The van der Waals surface area contributed by atoms with Gasteiger partial charge < -0.3 is 0 Å². The largest absolute Gasteiger partial charge is 0.298 e. The lowest BCUT2D eigenvalue weighted by Crippen LogP contribution is -1.91. The van der Waals surface area contributed by atoms with Gasteiger partial charge in [-0.1, -0.05) is 12.7 Å². The predicted molar refractivity (Wildman–Crippen MR) is 78.1 cm³/mol. The summed E-state index contributed by atoms with van der Waals surface area (Å²) in [6, 6.07) is 10.1. The van der Waals surface area contributed by atoms with Gasteiger partial charge in [-0.25, -0.2) is 0 Å². The maximum Gasteiger partial charge on any atom is 0.150 e. The van der Waals surface area contributed by atoms with Crippen LogP contribution in [0.1, 0.15) is 36.6 Å². The lowest BCUT2D eigenvalue weighted by molar-refractivity contribution is 0.111. The first-order chi connectivity index (χ1) is 9.69. The maximum atomic E-state index is 11.0. The molecule has 0 N–H and O–H groups in total. The van der Waals surface area contributed by atoms with E-state index in [1.807, 2.05) is 6.07 Å². The van der Waals surface area contributed by atoms with Crippen molar-refractivity contribution in [3.05, 3.63) is 65.2 Å². The SMILES string of the molecule is C=Cc1cc(C=O)cc(-c2cc(C=O)cc(C=O)c2)c1. The van der Waals surface area contributed by atoms with E-state index < -0.39 is 0 Å². The zero-order valence-corrected chi connectivity index (χ0v) is 10.7. The van der Waals surface area contributed by atoms with Crippen LogP contribution in [0.2, 0.25) is 0 Å². The summed E-state index contributed by atoms with van der Waals surface area (Å²) in [6.45, 7) is 3.68. The van der Waals surface area contributed by atoms with E-state index >= 15 is 0 Å². The van der Waals surface area contributed by atoms with E-state index in [0.29, 0.717) is 34.8 Å². The van der Waals surface area contributed by atoms with Gasteiger partial charge in [-0.2, -0.15) is 0 Å². The van der Waals surface area contributed by atoms with Crippen molar-refractivity contribution in [3.8, 4) is 11.1 Å². The molecular formula is C17H12O3. The van der Waals surface area contributed by atoms with Gasteiger partial charge in [0.15, 0.2) is 0 Å². The van der Waals surface area contributed by atoms with E-state index in [4.69, 9.17) is 0 Å². The van der Waals surface area contributed by atoms with Crippen molar-refractivity contribution in [2.24, 2.45) is 0 Å². The van der Waals surface area contributed by atoms with Gasteiger partial charge in [-0.05, 0) is 53.1 Å². The van der Waals surface area contributed by atoms with Crippen molar-refractivity contribution in [3.63, 3.8) is 0 Å². The van der Waals surface area contributed by atoms with Crippen LogP contribution in [0.3, 0.4) is 0 Å². The third-order valence-electron chi connectivity index (χ3n) is 2.93. The fourth-order valence-electron chi connectivity index (χ4n) is 2.01. The molecule has 0 heterocycles. The molecule has 0 spiro atoms. The molecule has 2 rings (SSSR count). The van der Waals surface area contributed by atoms with E-state index in [1.165, 1.54) is 6.07 Å². The number of rotatable bonds is 5. The molecule has 0 aliphatic carbocycles. The zero-order chi connectivity index (χ0) is 14.5. The molecule has 0 saturated carbocycles.